The largest absolute Gasteiger partial charge is 0.382 e. The third kappa shape index (κ3) is 4.58. The SMILES string of the molecule is Nc1ncnc(NCc2cccc(C(=O)NCC3CCCO3)c2)c1Cl. The normalized spacial score (nSPS) is 16.6. The Morgan fingerprint density at radius 1 is 1.40 bits per heavy atom. The molecule has 4 N–H and O–H groups in total. The van der Waals surface area contributed by atoms with Crippen LogP contribution in [0.3, 0.4) is 0 Å². The summed E-state index contributed by atoms with van der Waals surface area (Å²) in [6, 6.07) is 7.37. The fraction of sp³-hybridized carbons (Fsp3) is 0.353. The van der Waals surface area contributed by atoms with Crippen LogP contribution in [0.5, 0.6) is 0 Å². The van der Waals surface area contributed by atoms with Crippen molar-refractivity contribution in [1.29, 1.82) is 0 Å². The second-order valence-corrected chi connectivity index (χ2v) is 6.20. The van der Waals surface area contributed by atoms with Gasteiger partial charge in [0.2, 0.25) is 0 Å². The minimum absolute atomic E-state index is 0.110. The maximum Gasteiger partial charge on any atom is 0.251 e. The molecular weight excluding hydrogens is 342 g/mol. The summed E-state index contributed by atoms with van der Waals surface area (Å²) in [4.78, 5) is 20.2. The van der Waals surface area contributed by atoms with Crippen molar-refractivity contribution in [3.8, 4) is 0 Å². The number of hydrogen-bond acceptors (Lipinski definition) is 6. The molecule has 8 heteroatoms. The van der Waals surface area contributed by atoms with Gasteiger partial charge in [-0.3, -0.25) is 4.79 Å². The van der Waals surface area contributed by atoms with Crippen LogP contribution < -0.4 is 16.4 Å². The van der Waals surface area contributed by atoms with Crippen LogP contribution in [0.4, 0.5) is 11.6 Å². The summed E-state index contributed by atoms with van der Waals surface area (Å²) >= 11 is 6.06. The minimum Gasteiger partial charge on any atom is -0.382 e. The first-order valence-corrected chi connectivity index (χ1v) is 8.50. The lowest BCUT2D eigenvalue weighted by atomic mass is 10.1. The van der Waals surface area contributed by atoms with Crippen LogP contribution in [0, 0.1) is 0 Å². The summed E-state index contributed by atoms with van der Waals surface area (Å²) in [7, 11) is 0. The van der Waals surface area contributed by atoms with Gasteiger partial charge in [0.25, 0.3) is 5.91 Å². The van der Waals surface area contributed by atoms with Gasteiger partial charge >= 0.3 is 0 Å². The lowest BCUT2D eigenvalue weighted by Crippen LogP contribution is -2.31. The number of carbonyl (C=O) groups is 1. The summed E-state index contributed by atoms with van der Waals surface area (Å²) < 4.78 is 5.51. The third-order valence-electron chi connectivity index (χ3n) is 3.98. The summed E-state index contributed by atoms with van der Waals surface area (Å²) in [5.74, 6) is 0.575. The van der Waals surface area contributed by atoms with Crippen LogP contribution >= 0.6 is 11.6 Å². The van der Waals surface area contributed by atoms with E-state index >= 15 is 0 Å². The standard InChI is InChI=1S/C17H20ClN5O2/c18-14-15(19)22-10-23-16(14)20-8-11-3-1-4-12(7-11)17(24)21-9-13-5-2-6-25-13/h1,3-4,7,10,13H,2,5-6,8-9H2,(H,21,24)(H3,19,20,22,23). The van der Waals surface area contributed by atoms with Gasteiger partial charge in [0.1, 0.15) is 17.2 Å². The molecule has 132 valence electrons. The van der Waals surface area contributed by atoms with Gasteiger partial charge in [0.15, 0.2) is 5.82 Å². The number of ether oxygens (including phenoxy) is 1. The lowest BCUT2D eigenvalue weighted by Gasteiger charge is -2.12. The number of nitrogens with zero attached hydrogens (tertiary/aromatic N) is 2. The van der Waals surface area contributed by atoms with E-state index in [0.717, 1.165) is 25.0 Å². The Hall–Kier alpha value is -2.38. The van der Waals surface area contributed by atoms with E-state index in [1.165, 1.54) is 6.33 Å². The highest BCUT2D eigenvalue weighted by atomic mass is 35.5. The zero-order valence-electron chi connectivity index (χ0n) is 13.7. The van der Waals surface area contributed by atoms with Crippen LogP contribution in [0.25, 0.3) is 0 Å². The number of carbonyl (C=O) groups excluding carboxylic acids is 1. The van der Waals surface area contributed by atoms with E-state index in [0.29, 0.717) is 24.5 Å². The molecule has 1 saturated heterocycles. The summed E-state index contributed by atoms with van der Waals surface area (Å²) in [6.45, 7) is 1.78. The second kappa shape index (κ2) is 8.13. The summed E-state index contributed by atoms with van der Waals surface area (Å²) in [5, 5.41) is 6.30. The number of nitrogens with two attached hydrogens (primary N) is 1. The highest BCUT2D eigenvalue weighted by Gasteiger charge is 2.16. The molecule has 0 bridgehead atoms. The molecule has 0 aliphatic carbocycles. The van der Waals surface area contributed by atoms with Crippen LogP contribution in [-0.2, 0) is 11.3 Å². The first kappa shape index (κ1) is 17.4. The molecule has 25 heavy (non-hydrogen) atoms. The Morgan fingerprint density at radius 3 is 3.08 bits per heavy atom. The fourth-order valence-corrected chi connectivity index (χ4v) is 2.79. The van der Waals surface area contributed by atoms with E-state index in [1.807, 2.05) is 18.2 Å². The molecule has 1 aliphatic heterocycles. The van der Waals surface area contributed by atoms with Crippen molar-refractivity contribution in [3.05, 3.63) is 46.7 Å². The molecule has 1 aliphatic rings. The Kier molecular flexibility index (Phi) is 5.67. The monoisotopic (exact) mass is 361 g/mol. The van der Waals surface area contributed by atoms with Gasteiger partial charge in [0.05, 0.1) is 6.10 Å². The first-order chi connectivity index (χ1) is 12.1. The van der Waals surface area contributed by atoms with Gasteiger partial charge in [-0.05, 0) is 30.5 Å². The van der Waals surface area contributed by atoms with Gasteiger partial charge in [-0.1, -0.05) is 23.7 Å². The Labute approximate surface area is 150 Å². The Bertz CT molecular complexity index is 750. The smallest absolute Gasteiger partial charge is 0.251 e. The van der Waals surface area contributed by atoms with Crippen molar-refractivity contribution >= 4 is 29.1 Å². The predicted octanol–water partition coefficient (Wildman–Crippen LogP) is 2.23. The van der Waals surface area contributed by atoms with E-state index in [-0.39, 0.29) is 22.9 Å². The Balaban J connectivity index is 1.58. The van der Waals surface area contributed by atoms with Crippen molar-refractivity contribution in [2.45, 2.75) is 25.5 Å². The van der Waals surface area contributed by atoms with Crippen LogP contribution in [-0.4, -0.2) is 35.1 Å². The third-order valence-corrected chi connectivity index (χ3v) is 4.35. The molecular formula is C17H20ClN5O2. The van der Waals surface area contributed by atoms with Crippen molar-refractivity contribution in [1.82, 2.24) is 15.3 Å². The predicted molar refractivity (Wildman–Crippen MR) is 96.5 cm³/mol. The van der Waals surface area contributed by atoms with Crippen molar-refractivity contribution in [2.24, 2.45) is 0 Å². The van der Waals surface area contributed by atoms with Gasteiger partial charge in [0, 0.05) is 25.3 Å². The quantitative estimate of drug-likeness (QED) is 0.729. The van der Waals surface area contributed by atoms with E-state index in [4.69, 9.17) is 22.1 Å². The molecule has 3 rings (SSSR count). The number of aromatic nitrogens is 2. The van der Waals surface area contributed by atoms with E-state index in [9.17, 15) is 4.79 Å². The number of benzene rings is 1. The van der Waals surface area contributed by atoms with Crippen LogP contribution in [0.2, 0.25) is 5.02 Å². The van der Waals surface area contributed by atoms with Gasteiger partial charge in [-0.15, -0.1) is 0 Å². The lowest BCUT2D eigenvalue weighted by molar-refractivity contribution is 0.0857. The van der Waals surface area contributed by atoms with Crippen LogP contribution in [0.15, 0.2) is 30.6 Å². The summed E-state index contributed by atoms with van der Waals surface area (Å²) in [6.07, 6.45) is 3.52. The molecule has 1 fully saturated rings. The highest BCUT2D eigenvalue weighted by molar-refractivity contribution is 6.35. The van der Waals surface area contributed by atoms with Crippen molar-refractivity contribution in [2.75, 3.05) is 24.2 Å². The van der Waals surface area contributed by atoms with Crippen LogP contribution in [0.1, 0.15) is 28.8 Å². The van der Waals surface area contributed by atoms with E-state index < -0.39 is 0 Å². The number of rotatable bonds is 6. The average molecular weight is 362 g/mol. The molecule has 1 aromatic carbocycles. The number of amides is 1. The average Bonchev–Trinajstić information content (AvgIpc) is 3.15. The molecule has 1 amide bonds. The number of anilines is 2. The highest BCUT2D eigenvalue weighted by Crippen LogP contribution is 2.23. The molecule has 0 radical (unpaired) electrons. The minimum atomic E-state index is -0.110. The molecule has 1 aromatic heterocycles. The zero-order valence-corrected chi connectivity index (χ0v) is 14.4. The number of nitrogen functional groups attached to an aromatic ring is 1. The molecule has 0 spiro atoms. The van der Waals surface area contributed by atoms with Gasteiger partial charge in [-0.25, -0.2) is 9.97 Å². The molecule has 2 heterocycles. The fourth-order valence-electron chi connectivity index (χ4n) is 2.63. The topological polar surface area (TPSA) is 102 Å². The molecule has 2 aromatic rings. The Morgan fingerprint density at radius 2 is 2.28 bits per heavy atom. The molecule has 7 nitrogen and oxygen atoms in total. The van der Waals surface area contributed by atoms with Crippen molar-refractivity contribution in [3.63, 3.8) is 0 Å². The maximum absolute atomic E-state index is 12.3. The van der Waals surface area contributed by atoms with Gasteiger partial charge in [-0.2, -0.15) is 0 Å². The maximum atomic E-state index is 12.3. The number of halogens is 1. The zero-order chi connectivity index (χ0) is 17.6. The van der Waals surface area contributed by atoms with E-state index in [1.54, 1.807) is 6.07 Å². The first-order valence-electron chi connectivity index (χ1n) is 8.12. The molecule has 1 unspecified atom stereocenters. The van der Waals surface area contributed by atoms with E-state index in [2.05, 4.69) is 20.6 Å². The van der Waals surface area contributed by atoms with Crippen molar-refractivity contribution < 1.29 is 9.53 Å². The number of nitrogens with one attached hydrogen (secondary N) is 2. The second-order valence-electron chi connectivity index (χ2n) is 5.82. The summed E-state index contributed by atoms with van der Waals surface area (Å²) in [5.41, 5.74) is 7.18. The molecule has 1 atom stereocenters. The number of hydrogen-bond donors (Lipinski definition) is 3. The van der Waals surface area contributed by atoms with Gasteiger partial charge < -0.3 is 21.1 Å². The molecule has 0 saturated carbocycles.